The molecule has 16 heavy (non-hydrogen) atoms. The van der Waals surface area contributed by atoms with Crippen LogP contribution in [0.5, 0.6) is 0 Å². The van der Waals surface area contributed by atoms with Crippen molar-refractivity contribution < 1.29 is 0 Å². The van der Waals surface area contributed by atoms with Gasteiger partial charge in [-0.05, 0) is 19.3 Å². The number of anilines is 1. The highest BCUT2D eigenvalue weighted by atomic mass is 15.3. The van der Waals surface area contributed by atoms with Gasteiger partial charge in [0.2, 0.25) is 0 Å². The van der Waals surface area contributed by atoms with Gasteiger partial charge in [0.1, 0.15) is 5.82 Å². The minimum atomic E-state index is 0.654. The third-order valence-electron chi connectivity index (χ3n) is 3.82. The number of nitrogen functional groups attached to an aromatic ring is 1. The second-order valence-corrected chi connectivity index (χ2v) is 4.91. The van der Waals surface area contributed by atoms with E-state index in [1.54, 1.807) is 0 Å². The van der Waals surface area contributed by atoms with Crippen LogP contribution in [-0.4, -0.2) is 9.78 Å². The molecule has 1 aromatic heterocycles. The lowest BCUT2D eigenvalue weighted by Crippen LogP contribution is -2.02. The van der Waals surface area contributed by atoms with Crippen LogP contribution in [0.15, 0.2) is 0 Å². The number of hydrogen-bond donors (Lipinski definition) is 1. The van der Waals surface area contributed by atoms with Crippen LogP contribution >= 0.6 is 0 Å². The maximum absolute atomic E-state index is 6.06. The summed E-state index contributed by atoms with van der Waals surface area (Å²) in [6.07, 6.45) is 9.08. The first kappa shape index (κ1) is 11.5. The van der Waals surface area contributed by atoms with E-state index in [4.69, 9.17) is 5.73 Å². The van der Waals surface area contributed by atoms with E-state index in [0.717, 1.165) is 12.2 Å². The third-order valence-corrected chi connectivity index (χ3v) is 3.82. The Balaban J connectivity index is 2.27. The quantitative estimate of drug-likeness (QED) is 0.780. The Morgan fingerprint density at radius 3 is 2.44 bits per heavy atom. The summed E-state index contributed by atoms with van der Waals surface area (Å²) in [5, 5.41) is 4.64. The Morgan fingerprint density at radius 1 is 1.25 bits per heavy atom. The maximum atomic E-state index is 6.06. The van der Waals surface area contributed by atoms with Crippen LogP contribution in [0, 0.1) is 0 Å². The Labute approximate surface area is 98.0 Å². The molecule has 0 unspecified atom stereocenters. The molecular weight excluding hydrogens is 198 g/mol. The van der Waals surface area contributed by atoms with E-state index in [-0.39, 0.29) is 0 Å². The highest BCUT2D eigenvalue weighted by Gasteiger charge is 2.22. The van der Waals surface area contributed by atoms with Crippen LogP contribution in [0.2, 0.25) is 0 Å². The standard InChI is InChI=1S/C13H23N3/c1-3-11-12(15-16(2)13(11)14)10-8-6-4-5-7-9-10/h10H,3-9,14H2,1-2H3. The average Bonchev–Trinajstić information content (AvgIpc) is 2.51. The summed E-state index contributed by atoms with van der Waals surface area (Å²) < 4.78 is 1.85. The fourth-order valence-corrected chi connectivity index (χ4v) is 2.85. The van der Waals surface area contributed by atoms with Gasteiger partial charge in [0, 0.05) is 18.5 Å². The minimum Gasteiger partial charge on any atom is -0.384 e. The SMILES string of the molecule is CCc1c(C2CCCCCC2)nn(C)c1N. The van der Waals surface area contributed by atoms with E-state index >= 15 is 0 Å². The first-order valence-electron chi connectivity index (χ1n) is 6.55. The second-order valence-electron chi connectivity index (χ2n) is 4.91. The van der Waals surface area contributed by atoms with Gasteiger partial charge in [-0.3, -0.25) is 4.68 Å². The first-order valence-corrected chi connectivity index (χ1v) is 6.55. The van der Waals surface area contributed by atoms with Crippen molar-refractivity contribution in [2.75, 3.05) is 5.73 Å². The summed E-state index contributed by atoms with van der Waals surface area (Å²) in [5.74, 6) is 1.52. The summed E-state index contributed by atoms with van der Waals surface area (Å²) in [6, 6.07) is 0. The molecule has 0 spiro atoms. The zero-order valence-electron chi connectivity index (χ0n) is 10.5. The van der Waals surface area contributed by atoms with Crippen molar-refractivity contribution in [3.05, 3.63) is 11.3 Å². The lowest BCUT2D eigenvalue weighted by molar-refractivity contribution is 0.562. The molecule has 0 saturated heterocycles. The molecule has 3 heteroatoms. The summed E-state index contributed by atoms with van der Waals surface area (Å²) in [5.41, 5.74) is 8.63. The minimum absolute atomic E-state index is 0.654. The molecule has 3 nitrogen and oxygen atoms in total. The van der Waals surface area contributed by atoms with Crippen molar-refractivity contribution in [1.82, 2.24) is 9.78 Å². The number of nitrogens with two attached hydrogens (primary N) is 1. The van der Waals surface area contributed by atoms with Crippen molar-refractivity contribution in [2.45, 2.75) is 57.8 Å². The lowest BCUT2D eigenvalue weighted by atomic mass is 9.93. The highest BCUT2D eigenvalue weighted by Crippen LogP contribution is 2.34. The van der Waals surface area contributed by atoms with E-state index in [2.05, 4.69) is 12.0 Å². The fraction of sp³-hybridized carbons (Fsp3) is 0.769. The highest BCUT2D eigenvalue weighted by molar-refractivity contribution is 5.44. The fourth-order valence-electron chi connectivity index (χ4n) is 2.85. The molecule has 0 atom stereocenters. The van der Waals surface area contributed by atoms with Gasteiger partial charge in [-0.1, -0.05) is 32.6 Å². The molecule has 2 N–H and O–H groups in total. The molecule has 2 rings (SSSR count). The number of aromatic nitrogens is 2. The molecule has 1 aromatic rings. The molecule has 1 aliphatic carbocycles. The average molecular weight is 221 g/mol. The van der Waals surface area contributed by atoms with Crippen molar-refractivity contribution in [1.29, 1.82) is 0 Å². The Morgan fingerprint density at radius 2 is 1.88 bits per heavy atom. The number of aryl methyl sites for hydroxylation is 1. The molecule has 1 saturated carbocycles. The van der Waals surface area contributed by atoms with Crippen LogP contribution in [-0.2, 0) is 13.5 Å². The van der Waals surface area contributed by atoms with Crippen LogP contribution in [0.1, 0.15) is 62.6 Å². The number of nitrogens with zero attached hydrogens (tertiary/aromatic N) is 2. The topological polar surface area (TPSA) is 43.8 Å². The Kier molecular flexibility index (Phi) is 3.52. The van der Waals surface area contributed by atoms with Crippen LogP contribution in [0.25, 0.3) is 0 Å². The predicted molar refractivity (Wildman–Crippen MR) is 67.4 cm³/mol. The first-order chi connectivity index (χ1) is 7.74. The van der Waals surface area contributed by atoms with Gasteiger partial charge in [0.15, 0.2) is 0 Å². The number of rotatable bonds is 2. The molecule has 1 fully saturated rings. The molecular formula is C13H23N3. The normalized spacial score (nSPS) is 18.6. The molecule has 0 aliphatic heterocycles. The molecule has 0 aromatic carbocycles. The molecule has 0 amide bonds. The maximum Gasteiger partial charge on any atom is 0.124 e. The van der Waals surface area contributed by atoms with Crippen molar-refractivity contribution in [3.63, 3.8) is 0 Å². The lowest BCUT2D eigenvalue weighted by Gasteiger charge is -2.12. The summed E-state index contributed by atoms with van der Waals surface area (Å²) in [6.45, 7) is 2.17. The van der Waals surface area contributed by atoms with E-state index < -0.39 is 0 Å². The Bertz CT molecular complexity index is 346. The molecule has 90 valence electrons. The molecule has 1 heterocycles. The van der Waals surface area contributed by atoms with Gasteiger partial charge in [-0.2, -0.15) is 5.10 Å². The van der Waals surface area contributed by atoms with Crippen LogP contribution in [0.4, 0.5) is 5.82 Å². The summed E-state index contributed by atoms with van der Waals surface area (Å²) in [4.78, 5) is 0. The summed E-state index contributed by atoms with van der Waals surface area (Å²) in [7, 11) is 1.95. The van der Waals surface area contributed by atoms with Crippen LogP contribution < -0.4 is 5.73 Å². The van der Waals surface area contributed by atoms with E-state index in [9.17, 15) is 0 Å². The van der Waals surface area contributed by atoms with E-state index in [1.165, 1.54) is 49.8 Å². The summed E-state index contributed by atoms with van der Waals surface area (Å²) >= 11 is 0. The smallest absolute Gasteiger partial charge is 0.124 e. The zero-order chi connectivity index (χ0) is 11.5. The molecule has 1 aliphatic rings. The van der Waals surface area contributed by atoms with Gasteiger partial charge < -0.3 is 5.73 Å². The van der Waals surface area contributed by atoms with Gasteiger partial charge in [0.05, 0.1) is 5.69 Å². The van der Waals surface area contributed by atoms with E-state index in [1.807, 2.05) is 11.7 Å². The van der Waals surface area contributed by atoms with Crippen molar-refractivity contribution in [2.24, 2.45) is 7.05 Å². The van der Waals surface area contributed by atoms with Gasteiger partial charge >= 0.3 is 0 Å². The Hall–Kier alpha value is -0.990. The van der Waals surface area contributed by atoms with Crippen molar-refractivity contribution in [3.8, 4) is 0 Å². The second kappa shape index (κ2) is 4.89. The predicted octanol–water partition coefficient (Wildman–Crippen LogP) is 3.00. The largest absolute Gasteiger partial charge is 0.384 e. The van der Waals surface area contributed by atoms with Gasteiger partial charge in [0.25, 0.3) is 0 Å². The molecule has 0 radical (unpaired) electrons. The number of hydrogen-bond acceptors (Lipinski definition) is 2. The van der Waals surface area contributed by atoms with Gasteiger partial charge in [-0.25, -0.2) is 0 Å². The third kappa shape index (κ3) is 2.08. The molecule has 0 bridgehead atoms. The van der Waals surface area contributed by atoms with Crippen LogP contribution in [0.3, 0.4) is 0 Å². The van der Waals surface area contributed by atoms with Gasteiger partial charge in [-0.15, -0.1) is 0 Å². The monoisotopic (exact) mass is 221 g/mol. The van der Waals surface area contributed by atoms with Crippen molar-refractivity contribution >= 4 is 5.82 Å². The zero-order valence-corrected chi connectivity index (χ0v) is 10.5. The van der Waals surface area contributed by atoms with E-state index in [0.29, 0.717) is 5.92 Å².